The van der Waals surface area contributed by atoms with E-state index in [9.17, 15) is 14.4 Å². The van der Waals surface area contributed by atoms with Crippen molar-refractivity contribution in [2.45, 2.75) is 58.9 Å². The molecule has 2 N–H and O–H groups in total. The average Bonchev–Trinajstić information content (AvgIpc) is 2.58. The number of imide groups is 1. The van der Waals surface area contributed by atoms with E-state index < -0.39 is 24.5 Å². The molecule has 142 valence electrons. The maximum atomic E-state index is 11.9. The van der Waals surface area contributed by atoms with Crippen LogP contribution in [0.15, 0.2) is 18.2 Å². The minimum atomic E-state index is -0.626. The summed E-state index contributed by atoms with van der Waals surface area (Å²) in [6, 6.07) is 5.29. The Hall–Kier alpha value is -2.37. The zero-order valence-corrected chi connectivity index (χ0v) is 15.8. The van der Waals surface area contributed by atoms with E-state index in [4.69, 9.17) is 4.74 Å². The Kier molecular flexibility index (Phi) is 7.18. The van der Waals surface area contributed by atoms with E-state index >= 15 is 0 Å². The third kappa shape index (κ3) is 6.17. The number of carbonyl (C=O) groups is 3. The molecular weight excluding hydrogens is 332 g/mol. The highest BCUT2D eigenvalue weighted by molar-refractivity contribution is 5.95. The van der Waals surface area contributed by atoms with Gasteiger partial charge < -0.3 is 10.1 Å². The van der Waals surface area contributed by atoms with Crippen LogP contribution in [-0.4, -0.2) is 30.6 Å². The summed E-state index contributed by atoms with van der Waals surface area (Å²) in [5.74, 6) is -0.718. The van der Waals surface area contributed by atoms with E-state index in [1.165, 1.54) is 6.42 Å². The molecule has 3 amide bonds. The SMILES string of the molecule is Cc1ccc(CC(=O)OCC(=O)NC(=O)N[C@@H]2CCCC[C@@H]2C)cc1C. The lowest BCUT2D eigenvalue weighted by Gasteiger charge is -2.29. The second kappa shape index (κ2) is 9.36. The lowest BCUT2D eigenvalue weighted by Crippen LogP contribution is -2.48. The average molecular weight is 360 g/mol. The molecule has 6 heteroatoms. The fraction of sp³-hybridized carbons (Fsp3) is 0.550. The first-order chi connectivity index (χ1) is 12.3. The van der Waals surface area contributed by atoms with E-state index in [0.717, 1.165) is 36.0 Å². The van der Waals surface area contributed by atoms with Crippen molar-refractivity contribution in [2.24, 2.45) is 5.92 Å². The molecule has 6 nitrogen and oxygen atoms in total. The number of benzene rings is 1. The largest absolute Gasteiger partial charge is 0.455 e. The Morgan fingerprint density at radius 1 is 1.12 bits per heavy atom. The second-order valence-electron chi connectivity index (χ2n) is 7.15. The first kappa shape index (κ1) is 19.9. The van der Waals surface area contributed by atoms with Crippen LogP contribution in [-0.2, 0) is 20.7 Å². The molecule has 1 aromatic carbocycles. The number of nitrogens with one attached hydrogen (secondary N) is 2. The third-order valence-corrected chi connectivity index (χ3v) is 4.96. The predicted molar refractivity (Wildman–Crippen MR) is 98.7 cm³/mol. The van der Waals surface area contributed by atoms with Gasteiger partial charge in [-0.25, -0.2) is 4.79 Å². The molecule has 0 aromatic heterocycles. The number of hydrogen-bond donors (Lipinski definition) is 2. The zero-order valence-electron chi connectivity index (χ0n) is 15.8. The molecule has 0 radical (unpaired) electrons. The number of aryl methyl sites for hydroxylation is 2. The minimum Gasteiger partial charge on any atom is -0.455 e. The standard InChI is InChI=1S/C20H28N2O4/c1-13-8-9-16(10-15(13)3)11-19(24)26-12-18(23)22-20(25)21-17-7-5-4-6-14(17)2/h8-10,14,17H,4-7,11-12H2,1-3H3,(H2,21,22,23,25)/t14-,17+/m0/s1. The van der Waals surface area contributed by atoms with E-state index in [2.05, 4.69) is 17.6 Å². The molecule has 1 saturated carbocycles. The van der Waals surface area contributed by atoms with Crippen LogP contribution in [0.3, 0.4) is 0 Å². The van der Waals surface area contributed by atoms with E-state index in [1.807, 2.05) is 32.0 Å². The highest BCUT2D eigenvalue weighted by Crippen LogP contribution is 2.23. The van der Waals surface area contributed by atoms with Crippen molar-refractivity contribution < 1.29 is 19.1 Å². The van der Waals surface area contributed by atoms with Crippen molar-refractivity contribution in [3.63, 3.8) is 0 Å². The normalized spacial score (nSPS) is 19.5. The Morgan fingerprint density at radius 2 is 1.85 bits per heavy atom. The minimum absolute atomic E-state index is 0.0869. The molecule has 2 rings (SSSR count). The lowest BCUT2D eigenvalue weighted by atomic mass is 9.86. The van der Waals surface area contributed by atoms with E-state index in [-0.39, 0.29) is 12.5 Å². The summed E-state index contributed by atoms with van der Waals surface area (Å²) in [5, 5.41) is 5.04. The van der Waals surface area contributed by atoms with Gasteiger partial charge in [0.2, 0.25) is 0 Å². The topological polar surface area (TPSA) is 84.5 Å². The van der Waals surface area contributed by atoms with E-state index in [0.29, 0.717) is 5.92 Å². The fourth-order valence-electron chi connectivity index (χ4n) is 3.18. The Morgan fingerprint density at radius 3 is 2.54 bits per heavy atom. The van der Waals surface area contributed by atoms with Gasteiger partial charge in [-0.15, -0.1) is 0 Å². The third-order valence-electron chi connectivity index (χ3n) is 4.96. The smallest absolute Gasteiger partial charge is 0.321 e. The van der Waals surface area contributed by atoms with Crippen LogP contribution < -0.4 is 10.6 Å². The number of ether oxygens (including phenoxy) is 1. The van der Waals surface area contributed by atoms with Gasteiger partial charge in [-0.1, -0.05) is 38.0 Å². The molecule has 0 heterocycles. The molecule has 1 aliphatic carbocycles. The molecular formula is C20H28N2O4. The fourth-order valence-corrected chi connectivity index (χ4v) is 3.18. The maximum absolute atomic E-state index is 11.9. The first-order valence-corrected chi connectivity index (χ1v) is 9.17. The van der Waals surface area contributed by atoms with Gasteiger partial charge in [-0.2, -0.15) is 0 Å². The van der Waals surface area contributed by atoms with Gasteiger partial charge in [0, 0.05) is 6.04 Å². The van der Waals surface area contributed by atoms with Gasteiger partial charge in [0.05, 0.1) is 6.42 Å². The van der Waals surface area contributed by atoms with Crippen LogP contribution in [0.25, 0.3) is 0 Å². The molecule has 1 fully saturated rings. The number of amides is 3. The monoisotopic (exact) mass is 360 g/mol. The number of urea groups is 1. The number of hydrogen-bond acceptors (Lipinski definition) is 4. The van der Waals surface area contributed by atoms with Crippen LogP contribution in [0.5, 0.6) is 0 Å². The van der Waals surface area contributed by atoms with Crippen molar-refractivity contribution in [3.8, 4) is 0 Å². The summed E-state index contributed by atoms with van der Waals surface area (Å²) in [6.45, 7) is 5.61. The number of esters is 1. The second-order valence-corrected chi connectivity index (χ2v) is 7.15. The van der Waals surface area contributed by atoms with Crippen LogP contribution in [0.2, 0.25) is 0 Å². The van der Waals surface area contributed by atoms with Crippen LogP contribution in [0, 0.1) is 19.8 Å². The molecule has 26 heavy (non-hydrogen) atoms. The summed E-state index contributed by atoms with van der Waals surface area (Å²) in [5.41, 5.74) is 3.09. The quantitative estimate of drug-likeness (QED) is 0.791. The lowest BCUT2D eigenvalue weighted by molar-refractivity contribution is -0.147. The zero-order chi connectivity index (χ0) is 19.1. The maximum Gasteiger partial charge on any atom is 0.321 e. The molecule has 0 bridgehead atoms. The Balaban J connectivity index is 1.71. The first-order valence-electron chi connectivity index (χ1n) is 9.17. The molecule has 2 atom stereocenters. The van der Waals surface area contributed by atoms with Crippen molar-refractivity contribution in [1.29, 1.82) is 0 Å². The highest BCUT2D eigenvalue weighted by Gasteiger charge is 2.23. The predicted octanol–water partition coefficient (Wildman–Crippen LogP) is 2.79. The molecule has 0 saturated heterocycles. The molecule has 1 aliphatic rings. The van der Waals surface area contributed by atoms with Crippen molar-refractivity contribution >= 4 is 17.9 Å². The summed E-state index contributed by atoms with van der Waals surface area (Å²) in [4.78, 5) is 35.5. The van der Waals surface area contributed by atoms with Crippen molar-refractivity contribution in [3.05, 3.63) is 34.9 Å². The molecule has 0 unspecified atom stereocenters. The van der Waals surface area contributed by atoms with Crippen molar-refractivity contribution in [2.75, 3.05) is 6.61 Å². The van der Waals surface area contributed by atoms with Gasteiger partial charge in [0.25, 0.3) is 5.91 Å². The highest BCUT2D eigenvalue weighted by atomic mass is 16.5. The number of rotatable bonds is 5. The van der Waals surface area contributed by atoms with Gasteiger partial charge in [0.15, 0.2) is 6.61 Å². The summed E-state index contributed by atoms with van der Waals surface area (Å²) in [6.07, 6.45) is 4.36. The summed E-state index contributed by atoms with van der Waals surface area (Å²) >= 11 is 0. The van der Waals surface area contributed by atoms with Gasteiger partial charge in [-0.05, 0) is 49.3 Å². The number of carbonyl (C=O) groups excluding carboxylic acids is 3. The van der Waals surface area contributed by atoms with Crippen LogP contribution in [0.1, 0.15) is 49.3 Å². The van der Waals surface area contributed by atoms with Gasteiger partial charge in [-0.3, -0.25) is 14.9 Å². The van der Waals surface area contributed by atoms with Crippen LogP contribution in [0.4, 0.5) is 4.79 Å². The molecule has 0 aliphatic heterocycles. The Labute approximate surface area is 154 Å². The van der Waals surface area contributed by atoms with Gasteiger partial charge >= 0.3 is 12.0 Å². The molecule has 0 spiro atoms. The molecule has 1 aromatic rings. The van der Waals surface area contributed by atoms with Crippen molar-refractivity contribution in [1.82, 2.24) is 10.6 Å². The Bertz CT molecular complexity index is 672. The summed E-state index contributed by atoms with van der Waals surface area (Å²) in [7, 11) is 0. The van der Waals surface area contributed by atoms with Crippen LogP contribution >= 0.6 is 0 Å². The van der Waals surface area contributed by atoms with Gasteiger partial charge in [0.1, 0.15) is 0 Å². The van der Waals surface area contributed by atoms with E-state index in [1.54, 1.807) is 0 Å². The summed E-state index contributed by atoms with van der Waals surface area (Å²) < 4.78 is 4.96.